The lowest BCUT2D eigenvalue weighted by atomic mass is 10.2. The van der Waals surface area contributed by atoms with Crippen LogP contribution in [0.25, 0.3) is 0 Å². The summed E-state index contributed by atoms with van der Waals surface area (Å²) < 4.78 is 5.34. The van der Waals surface area contributed by atoms with Crippen molar-refractivity contribution in [1.82, 2.24) is 15.2 Å². The molecule has 0 bridgehead atoms. The van der Waals surface area contributed by atoms with Crippen molar-refractivity contribution in [3.05, 3.63) is 54.2 Å². The summed E-state index contributed by atoms with van der Waals surface area (Å²) in [4.78, 5) is 21.0. The summed E-state index contributed by atoms with van der Waals surface area (Å²) in [7, 11) is 1.67. The summed E-state index contributed by atoms with van der Waals surface area (Å²) in [6.07, 6.45) is 2.32. The summed E-state index contributed by atoms with van der Waals surface area (Å²) in [6, 6.07) is 13.9. The highest BCUT2D eigenvalue weighted by atomic mass is 16.5. The van der Waals surface area contributed by atoms with Crippen LogP contribution >= 0.6 is 0 Å². The van der Waals surface area contributed by atoms with Crippen LogP contribution in [0.15, 0.2) is 48.7 Å². The van der Waals surface area contributed by atoms with Crippen molar-refractivity contribution in [3.63, 3.8) is 0 Å². The fraction of sp³-hybridized carbons (Fsp3) is 0.400. The first-order chi connectivity index (χ1) is 12.8. The van der Waals surface area contributed by atoms with Gasteiger partial charge in [0.1, 0.15) is 11.6 Å². The molecule has 1 fully saturated rings. The van der Waals surface area contributed by atoms with E-state index < -0.39 is 0 Å². The zero-order valence-electron chi connectivity index (χ0n) is 15.2. The van der Waals surface area contributed by atoms with Gasteiger partial charge in [-0.05, 0) is 18.2 Å². The number of piperazine rings is 1. The molecule has 0 spiro atoms. The Balaban J connectivity index is 1.38. The van der Waals surface area contributed by atoms with Crippen LogP contribution in [0.4, 0.5) is 5.82 Å². The van der Waals surface area contributed by atoms with E-state index in [0.29, 0.717) is 19.5 Å². The van der Waals surface area contributed by atoms with Gasteiger partial charge in [-0.25, -0.2) is 4.98 Å². The third kappa shape index (κ3) is 4.73. The minimum Gasteiger partial charge on any atom is -0.496 e. The highest BCUT2D eigenvalue weighted by Crippen LogP contribution is 2.16. The van der Waals surface area contributed by atoms with Crippen LogP contribution in [0.5, 0.6) is 5.75 Å². The molecule has 6 nitrogen and oxygen atoms in total. The van der Waals surface area contributed by atoms with Gasteiger partial charge >= 0.3 is 0 Å². The van der Waals surface area contributed by atoms with Crippen molar-refractivity contribution >= 4 is 11.7 Å². The molecule has 0 radical (unpaired) electrons. The van der Waals surface area contributed by atoms with Crippen LogP contribution in [-0.4, -0.2) is 55.6 Å². The van der Waals surface area contributed by atoms with Crippen molar-refractivity contribution < 1.29 is 9.53 Å². The molecule has 1 amide bonds. The van der Waals surface area contributed by atoms with E-state index in [1.165, 1.54) is 0 Å². The molecule has 0 atom stereocenters. The number of ether oxygens (including phenoxy) is 1. The van der Waals surface area contributed by atoms with Crippen LogP contribution < -0.4 is 15.0 Å². The van der Waals surface area contributed by atoms with Gasteiger partial charge in [0, 0.05) is 57.4 Å². The van der Waals surface area contributed by atoms with Crippen LogP contribution in [0.2, 0.25) is 0 Å². The number of pyridine rings is 1. The Morgan fingerprint density at radius 3 is 2.62 bits per heavy atom. The maximum Gasteiger partial charge on any atom is 0.223 e. The fourth-order valence-corrected chi connectivity index (χ4v) is 3.15. The van der Waals surface area contributed by atoms with Gasteiger partial charge < -0.3 is 19.9 Å². The topological polar surface area (TPSA) is 57.7 Å². The molecule has 1 saturated heterocycles. The molecule has 0 unspecified atom stereocenters. The van der Waals surface area contributed by atoms with E-state index in [0.717, 1.165) is 43.3 Å². The number of nitrogens with zero attached hydrogens (tertiary/aromatic N) is 3. The lowest BCUT2D eigenvalue weighted by Gasteiger charge is -2.35. The van der Waals surface area contributed by atoms with Crippen molar-refractivity contribution in [1.29, 1.82) is 0 Å². The van der Waals surface area contributed by atoms with E-state index in [4.69, 9.17) is 4.74 Å². The van der Waals surface area contributed by atoms with Crippen molar-refractivity contribution in [2.45, 2.75) is 13.0 Å². The van der Waals surface area contributed by atoms with Crippen molar-refractivity contribution in [2.75, 3.05) is 44.7 Å². The number of benzene rings is 1. The Kier molecular flexibility index (Phi) is 6.44. The molecular weight excluding hydrogens is 328 g/mol. The predicted octanol–water partition coefficient (Wildman–Crippen LogP) is 1.92. The monoisotopic (exact) mass is 354 g/mol. The predicted molar refractivity (Wildman–Crippen MR) is 102 cm³/mol. The summed E-state index contributed by atoms with van der Waals surface area (Å²) >= 11 is 0. The second-order valence-corrected chi connectivity index (χ2v) is 6.29. The SMILES string of the molecule is COc1ccccc1CNCCC(=O)N1CCN(c2ccccn2)CC1. The molecule has 3 rings (SSSR count). The van der Waals surface area contributed by atoms with Gasteiger partial charge in [-0.3, -0.25) is 4.79 Å². The van der Waals surface area contributed by atoms with Crippen molar-refractivity contribution in [2.24, 2.45) is 0 Å². The normalized spacial score (nSPS) is 14.3. The van der Waals surface area contributed by atoms with E-state index in [9.17, 15) is 4.79 Å². The molecule has 1 N–H and O–H groups in total. The molecule has 138 valence electrons. The highest BCUT2D eigenvalue weighted by Gasteiger charge is 2.21. The Labute approximate surface area is 154 Å². The van der Waals surface area contributed by atoms with Gasteiger partial charge in [-0.15, -0.1) is 0 Å². The number of rotatable bonds is 7. The highest BCUT2D eigenvalue weighted by molar-refractivity contribution is 5.76. The number of hydrogen-bond donors (Lipinski definition) is 1. The van der Waals surface area contributed by atoms with Gasteiger partial charge in [0.2, 0.25) is 5.91 Å². The second-order valence-electron chi connectivity index (χ2n) is 6.29. The molecule has 1 aromatic carbocycles. The third-order valence-electron chi connectivity index (χ3n) is 4.63. The number of amides is 1. The largest absolute Gasteiger partial charge is 0.496 e. The summed E-state index contributed by atoms with van der Waals surface area (Å²) in [5, 5.41) is 3.33. The van der Waals surface area contributed by atoms with E-state index >= 15 is 0 Å². The van der Waals surface area contributed by atoms with Gasteiger partial charge in [-0.2, -0.15) is 0 Å². The Morgan fingerprint density at radius 1 is 1.12 bits per heavy atom. The number of anilines is 1. The van der Waals surface area contributed by atoms with E-state index in [2.05, 4.69) is 15.2 Å². The number of methoxy groups -OCH3 is 1. The van der Waals surface area contributed by atoms with Crippen molar-refractivity contribution in [3.8, 4) is 5.75 Å². The number of nitrogens with one attached hydrogen (secondary N) is 1. The third-order valence-corrected chi connectivity index (χ3v) is 4.63. The maximum absolute atomic E-state index is 12.4. The summed E-state index contributed by atoms with van der Waals surface area (Å²) in [5.74, 6) is 2.06. The Hall–Kier alpha value is -2.60. The minimum atomic E-state index is 0.207. The average Bonchev–Trinajstić information content (AvgIpc) is 2.72. The van der Waals surface area contributed by atoms with E-state index in [1.54, 1.807) is 13.3 Å². The summed E-state index contributed by atoms with van der Waals surface area (Å²) in [5.41, 5.74) is 1.10. The number of carbonyl (C=O) groups is 1. The van der Waals surface area contributed by atoms with Crippen LogP contribution in [-0.2, 0) is 11.3 Å². The first-order valence-corrected chi connectivity index (χ1v) is 9.04. The average molecular weight is 354 g/mol. The van der Waals surface area contributed by atoms with Crippen LogP contribution in [0.1, 0.15) is 12.0 Å². The molecule has 1 aliphatic rings. The lowest BCUT2D eigenvalue weighted by Crippen LogP contribution is -2.49. The fourth-order valence-electron chi connectivity index (χ4n) is 3.15. The van der Waals surface area contributed by atoms with Crippen LogP contribution in [0, 0.1) is 0 Å². The first-order valence-electron chi connectivity index (χ1n) is 9.04. The van der Waals surface area contributed by atoms with Gasteiger partial charge in [-0.1, -0.05) is 24.3 Å². The molecule has 6 heteroatoms. The molecule has 2 aromatic rings. The zero-order chi connectivity index (χ0) is 18.2. The molecule has 0 saturated carbocycles. The smallest absolute Gasteiger partial charge is 0.223 e. The molecule has 0 aliphatic carbocycles. The van der Waals surface area contributed by atoms with E-state index in [-0.39, 0.29) is 5.91 Å². The second kappa shape index (κ2) is 9.20. The Morgan fingerprint density at radius 2 is 1.88 bits per heavy atom. The molecular formula is C20H26N4O2. The Bertz CT molecular complexity index is 700. The lowest BCUT2D eigenvalue weighted by molar-refractivity contribution is -0.131. The number of carbonyl (C=O) groups excluding carboxylic acids is 1. The number of hydrogen-bond acceptors (Lipinski definition) is 5. The molecule has 2 heterocycles. The summed E-state index contributed by atoms with van der Waals surface area (Å²) in [6.45, 7) is 4.53. The van der Waals surface area contributed by atoms with Gasteiger partial charge in [0.15, 0.2) is 0 Å². The number of para-hydroxylation sites is 1. The van der Waals surface area contributed by atoms with Crippen LogP contribution in [0.3, 0.4) is 0 Å². The van der Waals surface area contributed by atoms with Gasteiger partial charge in [0.05, 0.1) is 7.11 Å². The molecule has 1 aliphatic heterocycles. The van der Waals surface area contributed by atoms with E-state index in [1.807, 2.05) is 47.4 Å². The van der Waals surface area contributed by atoms with Gasteiger partial charge in [0.25, 0.3) is 0 Å². The standard InChI is InChI=1S/C20H26N4O2/c1-26-18-7-3-2-6-17(18)16-21-11-9-20(25)24-14-12-23(13-15-24)19-8-4-5-10-22-19/h2-8,10,21H,9,11-16H2,1H3. The minimum absolute atomic E-state index is 0.207. The maximum atomic E-state index is 12.4. The quantitative estimate of drug-likeness (QED) is 0.770. The number of aromatic nitrogens is 1. The molecule has 1 aromatic heterocycles. The first kappa shape index (κ1) is 18.2. The molecule has 26 heavy (non-hydrogen) atoms. The zero-order valence-corrected chi connectivity index (χ0v) is 15.2.